The number of aromatic nitrogens is 1. The van der Waals surface area contributed by atoms with Crippen molar-refractivity contribution in [1.82, 2.24) is 21.2 Å². The van der Waals surface area contributed by atoms with Gasteiger partial charge in [0.2, 0.25) is 5.91 Å². The van der Waals surface area contributed by atoms with Crippen LogP contribution in [0.15, 0.2) is 36.7 Å². The van der Waals surface area contributed by atoms with E-state index in [1.165, 1.54) is 0 Å². The van der Waals surface area contributed by atoms with E-state index < -0.39 is 0 Å². The number of pyridine rings is 1. The molecule has 2 unspecified atom stereocenters. The first kappa shape index (κ1) is 19.4. The normalized spacial score (nSPS) is 18.9. The van der Waals surface area contributed by atoms with Crippen LogP contribution in [0.1, 0.15) is 17.5 Å². The van der Waals surface area contributed by atoms with Gasteiger partial charge in [-0.3, -0.25) is 15.2 Å². The molecule has 7 nitrogen and oxygen atoms in total. The zero-order valence-electron chi connectivity index (χ0n) is 15.3. The van der Waals surface area contributed by atoms with E-state index in [-0.39, 0.29) is 18.0 Å². The smallest absolute Gasteiger partial charge is 0.238 e. The molecule has 27 heavy (non-hydrogen) atoms. The van der Waals surface area contributed by atoms with E-state index in [4.69, 9.17) is 21.1 Å². The molecule has 1 aromatic heterocycles. The number of halogens is 1. The third-order valence-corrected chi connectivity index (χ3v) is 4.76. The van der Waals surface area contributed by atoms with Crippen LogP contribution in [0.5, 0.6) is 11.5 Å². The molecule has 1 aromatic carbocycles. The minimum Gasteiger partial charge on any atom is -0.497 e. The van der Waals surface area contributed by atoms with Crippen molar-refractivity contribution in [1.29, 1.82) is 0 Å². The minimum absolute atomic E-state index is 0.00146. The number of rotatable bonds is 7. The fraction of sp³-hybridized carbons (Fsp3) is 0.368. The molecule has 2 heterocycles. The summed E-state index contributed by atoms with van der Waals surface area (Å²) in [6, 6.07) is 6.86. The van der Waals surface area contributed by atoms with E-state index in [1.807, 2.05) is 13.0 Å². The monoisotopic (exact) mass is 390 g/mol. The molecule has 0 radical (unpaired) electrons. The van der Waals surface area contributed by atoms with Crippen LogP contribution in [-0.2, 0) is 11.3 Å². The number of aryl methyl sites for hydroxylation is 1. The zero-order chi connectivity index (χ0) is 19.2. The Bertz CT molecular complexity index is 802. The lowest BCUT2D eigenvalue weighted by molar-refractivity contribution is -0.123. The topological polar surface area (TPSA) is 84.5 Å². The van der Waals surface area contributed by atoms with Gasteiger partial charge in [-0.15, -0.1) is 0 Å². The maximum Gasteiger partial charge on any atom is 0.238 e. The van der Waals surface area contributed by atoms with Crippen molar-refractivity contribution >= 4 is 17.5 Å². The Balaban J connectivity index is 1.45. The minimum atomic E-state index is -0.313. The first-order valence-electron chi connectivity index (χ1n) is 8.71. The Labute approximate surface area is 163 Å². The molecule has 1 saturated heterocycles. The summed E-state index contributed by atoms with van der Waals surface area (Å²) < 4.78 is 10.9. The summed E-state index contributed by atoms with van der Waals surface area (Å²) in [5, 5.41) is 3.44. The molecule has 1 aliphatic rings. The van der Waals surface area contributed by atoms with Gasteiger partial charge in [0.25, 0.3) is 0 Å². The van der Waals surface area contributed by atoms with Crippen molar-refractivity contribution in [2.24, 2.45) is 0 Å². The van der Waals surface area contributed by atoms with Crippen LogP contribution in [0.2, 0.25) is 5.02 Å². The average Bonchev–Trinajstić information content (AvgIpc) is 3.15. The SMILES string of the molecule is COc1ccc(OCC2CC(C(=O)NCc3ccncc3C)NN2)c(Cl)c1. The van der Waals surface area contributed by atoms with Crippen LogP contribution in [0.3, 0.4) is 0 Å². The Hall–Kier alpha value is -2.35. The fourth-order valence-corrected chi connectivity index (χ4v) is 3.05. The molecule has 1 aliphatic heterocycles. The zero-order valence-corrected chi connectivity index (χ0v) is 16.0. The number of nitrogens with one attached hydrogen (secondary N) is 3. The van der Waals surface area contributed by atoms with E-state index in [1.54, 1.807) is 37.7 Å². The van der Waals surface area contributed by atoms with Crippen LogP contribution in [0.25, 0.3) is 0 Å². The summed E-state index contributed by atoms with van der Waals surface area (Å²) >= 11 is 6.18. The molecular formula is C19H23ClN4O3. The number of methoxy groups -OCH3 is 1. The molecule has 144 valence electrons. The van der Waals surface area contributed by atoms with Crippen LogP contribution >= 0.6 is 11.6 Å². The van der Waals surface area contributed by atoms with Crippen LogP contribution in [0, 0.1) is 6.92 Å². The van der Waals surface area contributed by atoms with Crippen molar-refractivity contribution in [3.63, 3.8) is 0 Å². The lowest BCUT2D eigenvalue weighted by atomic mass is 10.1. The van der Waals surface area contributed by atoms with Crippen molar-refractivity contribution in [3.8, 4) is 11.5 Å². The molecule has 0 saturated carbocycles. The first-order chi connectivity index (χ1) is 13.1. The first-order valence-corrected chi connectivity index (χ1v) is 9.09. The van der Waals surface area contributed by atoms with E-state index in [0.29, 0.717) is 36.1 Å². The third kappa shape index (κ3) is 5.09. The van der Waals surface area contributed by atoms with Gasteiger partial charge in [0.1, 0.15) is 24.1 Å². The largest absolute Gasteiger partial charge is 0.497 e. The Morgan fingerprint density at radius 1 is 1.37 bits per heavy atom. The van der Waals surface area contributed by atoms with Crippen molar-refractivity contribution in [2.45, 2.75) is 32.0 Å². The van der Waals surface area contributed by atoms with Crippen LogP contribution < -0.4 is 25.6 Å². The van der Waals surface area contributed by atoms with Crippen LogP contribution in [-0.4, -0.2) is 36.7 Å². The highest BCUT2D eigenvalue weighted by molar-refractivity contribution is 6.32. The summed E-state index contributed by atoms with van der Waals surface area (Å²) in [6.45, 7) is 2.85. The molecule has 1 amide bonds. The van der Waals surface area contributed by atoms with Crippen molar-refractivity contribution in [3.05, 3.63) is 52.8 Å². The number of carbonyl (C=O) groups is 1. The number of carbonyl (C=O) groups excluding carboxylic acids is 1. The number of hydrogen-bond acceptors (Lipinski definition) is 6. The van der Waals surface area contributed by atoms with Gasteiger partial charge in [0.15, 0.2) is 0 Å². The third-order valence-electron chi connectivity index (χ3n) is 4.47. The Kier molecular flexibility index (Phi) is 6.49. The van der Waals surface area contributed by atoms with Crippen LogP contribution in [0.4, 0.5) is 0 Å². The molecule has 8 heteroatoms. The van der Waals surface area contributed by atoms with Gasteiger partial charge in [-0.25, -0.2) is 5.43 Å². The molecule has 0 aliphatic carbocycles. The van der Waals surface area contributed by atoms with Gasteiger partial charge in [-0.1, -0.05) is 11.6 Å². The van der Waals surface area contributed by atoms with Gasteiger partial charge < -0.3 is 14.8 Å². The van der Waals surface area contributed by atoms with Crippen molar-refractivity contribution < 1.29 is 14.3 Å². The number of ether oxygens (including phenoxy) is 2. The van der Waals surface area contributed by atoms with Crippen molar-refractivity contribution in [2.75, 3.05) is 13.7 Å². The summed E-state index contributed by atoms with van der Waals surface area (Å²) in [4.78, 5) is 16.4. The second kappa shape index (κ2) is 9.03. The predicted octanol–water partition coefficient (Wildman–Crippen LogP) is 1.98. The second-order valence-electron chi connectivity index (χ2n) is 6.40. The standard InChI is InChI=1S/C19H23ClN4O3/c1-12-9-21-6-5-13(12)10-22-19(25)17-7-14(23-24-17)11-27-18-4-3-15(26-2)8-16(18)20/h3-6,8-9,14,17,23-24H,7,10-11H2,1-2H3,(H,22,25). The van der Waals surface area contributed by atoms with Gasteiger partial charge in [-0.2, -0.15) is 0 Å². The van der Waals surface area contributed by atoms with E-state index in [0.717, 1.165) is 11.1 Å². The lowest BCUT2D eigenvalue weighted by Gasteiger charge is -2.13. The highest BCUT2D eigenvalue weighted by Crippen LogP contribution is 2.28. The van der Waals surface area contributed by atoms with Gasteiger partial charge in [-0.05, 0) is 42.7 Å². The molecular weight excluding hydrogens is 368 g/mol. The molecule has 2 aromatic rings. The summed E-state index contributed by atoms with van der Waals surface area (Å²) in [7, 11) is 1.58. The maximum atomic E-state index is 12.4. The highest BCUT2D eigenvalue weighted by atomic mass is 35.5. The second-order valence-corrected chi connectivity index (χ2v) is 6.81. The molecule has 1 fully saturated rings. The Morgan fingerprint density at radius 3 is 2.96 bits per heavy atom. The summed E-state index contributed by atoms with van der Waals surface area (Å²) in [6.07, 6.45) is 4.13. The highest BCUT2D eigenvalue weighted by Gasteiger charge is 2.29. The number of hydrazine groups is 1. The van der Waals surface area contributed by atoms with E-state index in [9.17, 15) is 4.79 Å². The number of hydrogen-bond donors (Lipinski definition) is 3. The maximum absolute atomic E-state index is 12.4. The molecule has 0 spiro atoms. The van der Waals surface area contributed by atoms with Gasteiger partial charge in [0.05, 0.1) is 18.2 Å². The lowest BCUT2D eigenvalue weighted by Crippen LogP contribution is -2.43. The number of nitrogens with zero attached hydrogens (tertiary/aromatic N) is 1. The molecule has 3 rings (SSSR count). The molecule has 2 atom stereocenters. The predicted molar refractivity (Wildman–Crippen MR) is 103 cm³/mol. The Morgan fingerprint density at radius 2 is 2.22 bits per heavy atom. The number of amides is 1. The van der Waals surface area contributed by atoms with E-state index in [2.05, 4.69) is 21.2 Å². The summed E-state index contributed by atoms with van der Waals surface area (Å²) in [5.41, 5.74) is 8.22. The van der Waals surface area contributed by atoms with Gasteiger partial charge >= 0.3 is 0 Å². The molecule has 3 N–H and O–H groups in total. The fourth-order valence-electron chi connectivity index (χ4n) is 2.83. The average molecular weight is 391 g/mol. The van der Waals surface area contributed by atoms with Gasteiger partial charge in [0, 0.05) is 25.0 Å². The number of benzene rings is 1. The quantitative estimate of drug-likeness (QED) is 0.670. The molecule has 0 bridgehead atoms. The summed E-state index contributed by atoms with van der Waals surface area (Å²) in [5.74, 6) is 1.21. The van der Waals surface area contributed by atoms with E-state index >= 15 is 0 Å².